The first-order valence-corrected chi connectivity index (χ1v) is 7.39. The number of aliphatic hydroxyl groups is 1. The number of rotatable bonds is 7. The van der Waals surface area contributed by atoms with E-state index in [1.807, 2.05) is 0 Å². The van der Waals surface area contributed by atoms with Gasteiger partial charge in [-0.15, -0.1) is 5.10 Å². The van der Waals surface area contributed by atoms with Crippen LogP contribution in [0.3, 0.4) is 0 Å². The molecule has 0 aliphatic heterocycles. The van der Waals surface area contributed by atoms with Gasteiger partial charge in [0.25, 0.3) is 0 Å². The number of aliphatic hydroxyl groups excluding tert-OH is 1. The van der Waals surface area contributed by atoms with Crippen LogP contribution in [0.4, 0.5) is 0 Å². The molecule has 1 heterocycles. The summed E-state index contributed by atoms with van der Waals surface area (Å²) in [6.07, 6.45) is 2.43. The second kappa shape index (κ2) is 6.33. The topological polar surface area (TPSA) is 84.1 Å². The zero-order valence-electron chi connectivity index (χ0n) is 11.2. The number of amides is 1. The van der Waals surface area contributed by atoms with E-state index >= 15 is 0 Å². The molecule has 2 rings (SSSR count). The van der Waals surface area contributed by atoms with E-state index in [1.165, 1.54) is 11.8 Å². The van der Waals surface area contributed by atoms with Crippen molar-refractivity contribution in [3.05, 3.63) is 0 Å². The Morgan fingerprint density at radius 3 is 3.00 bits per heavy atom. The highest BCUT2D eigenvalue weighted by Gasteiger charge is 2.28. The van der Waals surface area contributed by atoms with Crippen LogP contribution in [0.25, 0.3) is 0 Å². The Hall–Kier alpha value is -1.15. The Labute approximate surface area is 116 Å². The molecule has 1 unspecified atom stereocenters. The summed E-state index contributed by atoms with van der Waals surface area (Å²) >= 11 is 1.37. The molecule has 1 aromatic rings. The smallest absolute Gasteiger partial charge is 0.232 e. The summed E-state index contributed by atoms with van der Waals surface area (Å²) in [5.41, 5.74) is 0. The van der Waals surface area contributed by atoms with E-state index in [4.69, 9.17) is 0 Å². The average molecular weight is 285 g/mol. The second-order valence-electron chi connectivity index (χ2n) is 4.88. The van der Waals surface area contributed by atoms with E-state index in [2.05, 4.69) is 15.5 Å². The third-order valence-electron chi connectivity index (χ3n) is 2.99. The van der Waals surface area contributed by atoms with Crippen LogP contribution >= 0.6 is 11.8 Å². The number of carbonyl (C=O) groups is 1. The summed E-state index contributed by atoms with van der Waals surface area (Å²) < 4.78 is 1.80. The van der Waals surface area contributed by atoms with Gasteiger partial charge in [-0.25, -0.2) is 4.68 Å². The van der Waals surface area contributed by atoms with Gasteiger partial charge in [0.15, 0.2) is 0 Å². The normalized spacial score (nSPS) is 16.4. The molecule has 0 radical (unpaired) electrons. The highest BCUT2D eigenvalue weighted by molar-refractivity contribution is 7.99. The molecule has 8 heteroatoms. The molecule has 0 saturated heterocycles. The lowest BCUT2D eigenvalue weighted by atomic mass is 10.3. The van der Waals surface area contributed by atoms with Crippen LogP contribution in [-0.4, -0.2) is 61.6 Å². The fourth-order valence-corrected chi connectivity index (χ4v) is 2.46. The number of hydrogen-bond acceptors (Lipinski definition) is 6. The molecule has 1 fully saturated rings. The standard InChI is InChI=1S/C11H19N5O2S/c1-8(17)5-6-15(2)10(18)7-19-11-12-13-14-16(11)9-3-4-9/h8-9,17H,3-7H2,1-2H3. The molecule has 7 nitrogen and oxygen atoms in total. The van der Waals surface area contributed by atoms with E-state index in [1.54, 1.807) is 23.6 Å². The molecule has 19 heavy (non-hydrogen) atoms. The Balaban J connectivity index is 1.77. The van der Waals surface area contributed by atoms with E-state index in [0.29, 0.717) is 29.9 Å². The Bertz CT molecular complexity index is 432. The van der Waals surface area contributed by atoms with Gasteiger partial charge in [0, 0.05) is 13.6 Å². The first-order chi connectivity index (χ1) is 9.08. The summed E-state index contributed by atoms with van der Waals surface area (Å²) in [5.74, 6) is 0.347. The van der Waals surface area contributed by atoms with E-state index < -0.39 is 0 Å². The van der Waals surface area contributed by atoms with Crippen LogP contribution in [0.15, 0.2) is 5.16 Å². The summed E-state index contributed by atoms with van der Waals surface area (Å²) in [6, 6.07) is 0.417. The third-order valence-corrected chi connectivity index (χ3v) is 3.91. The Morgan fingerprint density at radius 1 is 1.63 bits per heavy atom. The number of carbonyl (C=O) groups excluding carboxylic acids is 1. The van der Waals surface area contributed by atoms with E-state index in [9.17, 15) is 9.90 Å². The molecule has 1 saturated carbocycles. The second-order valence-corrected chi connectivity index (χ2v) is 5.82. The number of tetrazole rings is 1. The molecule has 1 N–H and O–H groups in total. The zero-order chi connectivity index (χ0) is 13.8. The molecule has 0 bridgehead atoms. The van der Waals surface area contributed by atoms with E-state index in [0.717, 1.165) is 12.8 Å². The number of nitrogens with zero attached hydrogens (tertiary/aromatic N) is 5. The molecule has 0 aromatic carbocycles. The predicted molar refractivity (Wildman–Crippen MR) is 70.7 cm³/mol. The maximum atomic E-state index is 11.9. The van der Waals surface area contributed by atoms with Crippen LogP contribution < -0.4 is 0 Å². The van der Waals surface area contributed by atoms with Gasteiger partial charge < -0.3 is 10.0 Å². The molecule has 0 spiro atoms. The maximum absolute atomic E-state index is 11.9. The van der Waals surface area contributed by atoms with Crippen molar-refractivity contribution in [3.8, 4) is 0 Å². The highest BCUT2D eigenvalue weighted by atomic mass is 32.2. The largest absolute Gasteiger partial charge is 0.393 e. The molecule has 106 valence electrons. The van der Waals surface area contributed by atoms with Crippen molar-refractivity contribution in [1.82, 2.24) is 25.1 Å². The maximum Gasteiger partial charge on any atom is 0.232 e. The van der Waals surface area contributed by atoms with Crippen molar-refractivity contribution in [2.75, 3.05) is 19.3 Å². The van der Waals surface area contributed by atoms with Gasteiger partial charge in [0.1, 0.15) is 0 Å². The zero-order valence-corrected chi connectivity index (χ0v) is 12.0. The van der Waals surface area contributed by atoms with Crippen molar-refractivity contribution < 1.29 is 9.90 Å². The first kappa shape index (κ1) is 14.3. The average Bonchev–Trinajstić information content (AvgIpc) is 3.12. The highest BCUT2D eigenvalue weighted by Crippen LogP contribution is 2.36. The van der Waals surface area contributed by atoms with Crippen molar-refractivity contribution in [2.45, 2.75) is 43.5 Å². The number of thioether (sulfide) groups is 1. The molecular weight excluding hydrogens is 266 g/mol. The molecule has 1 amide bonds. The summed E-state index contributed by atoms with van der Waals surface area (Å²) in [7, 11) is 1.75. The van der Waals surface area contributed by atoms with Crippen LogP contribution in [0, 0.1) is 0 Å². The first-order valence-electron chi connectivity index (χ1n) is 6.40. The van der Waals surface area contributed by atoms with Gasteiger partial charge >= 0.3 is 0 Å². The van der Waals surface area contributed by atoms with Crippen LogP contribution in [0.1, 0.15) is 32.2 Å². The van der Waals surface area contributed by atoms with Gasteiger partial charge in [-0.1, -0.05) is 11.8 Å². The fourth-order valence-electron chi connectivity index (χ4n) is 1.57. The molecule has 1 aromatic heterocycles. The van der Waals surface area contributed by atoms with Gasteiger partial charge in [-0.05, 0) is 36.6 Å². The number of aromatic nitrogens is 4. The van der Waals surface area contributed by atoms with Crippen molar-refractivity contribution in [2.24, 2.45) is 0 Å². The monoisotopic (exact) mass is 285 g/mol. The summed E-state index contributed by atoms with van der Waals surface area (Å²) in [6.45, 7) is 2.28. The van der Waals surface area contributed by atoms with E-state index in [-0.39, 0.29) is 12.0 Å². The van der Waals surface area contributed by atoms with Crippen molar-refractivity contribution in [1.29, 1.82) is 0 Å². The summed E-state index contributed by atoms with van der Waals surface area (Å²) in [4.78, 5) is 13.5. The summed E-state index contributed by atoms with van der Waals surface area (Å²) in [5, 5.41) is 21.4. The third kappa shape index (κ3) is 4.17. The lowest BCUT2D eigenvalue weighted by molar-refractivity contribution is -0.127. The fraction of sp³-hybridized carbons (Fsp3) is 0.818. The van der Waals surface area contributed by atoms with Crippen molar-refractivity contribution in [3.63, 3.8) is 0 Å². The van der Waals surface area contributed by atoms with Gasteiger partial charge in [0.2, 0.25) is 11.1 Å². The van der Waals surface area contributed by atoms with Gasteiger partial charge in [0.05, 0.1) is 17.9 Å². The molecular formula is C11H19N5O2S. The minimum Gasteiger partial charge on any atom is -0.393 e. The van der Waals surface area contributed by atoms with Crippen LogP contribution in [-0.2, 0) is 4.79 Å². The van der Waals surface area contributed by atoms with Crippen LogP contribution in [0.5, 0.6) is 0 Å². The van der Waals surface area contributed by atoms with Gasteiger partial charge in [-0.2, -0.15) is 0 Å². The molecule has 1 aliphatic rings. The number of hydrogen-bond donors (Lipinski definition) is 1. The Kier molecular flexibility index (Phi) is 4.76. The Morgan fingerprint density at radius 2 is 2.37 bits per heavy atom. The lowest BCUT2D eigenvalue weighted by Crippen LogP contribution is -2.30. The lowest BCUT2D eigenvalue weighted by Gasteiger charge is -2.17. The molecule has 1 atom stereocenters. The minimum absolute atomic E-state index is 0.0241. The predicted octanol–water partition coefficient (Wildman–Crippen LogP) is 0.329. The van der Waals surface area contributed by atoms with Gasteiger partial charge in [-0.3, -0.25) is 4.79 Å². The van der Waals surface area contributed by atoms with Crippen LogP contribution in [0.2, 0.25) is 0 Å². The van der Waals surface area contributed by atoms with Crippen molar-refractivity contribution >= 4 is 17.7 Å². The SMILES string of the molecule is CC(O)CCN(C)C(=O)CSc1nnnn1C1CC1. The minimum atomic E-state index is -0.384. The molecule has 1 aliphatic carbocycles. The quantitative estimate of drug-likeness (QED) is 0.727.